The molecular weight excluding hydrogens is 774 g/mol. The first kappa shape index (κ1) is 32.1. The van der Waals surface area contributed by atoms with Gasteiger partial charge in [-0.25, -0.2) is 0 Å². The Labute approximate surface area is 291 Å². The second-order valence-corrected chi connectivity index (χ2v) is 14.8. The van der Waals surface area contributed by atoms with Crippen molar-refractivity contribution in [1.82, 2.24) is 20.2 Å². The zero-order chi connectivity index (χ0) is 31.3. The summed E-state index contributed by atoms with van der Waals surface area (Å²) in [5.74, 6) is 0. The Morgan fingerprint density at radius 2 is 1.17 bits per heavy atom. The fraction of sp³-hybridized carbons (Fsp3) is 0.0750. The fourth-order valence-corrected chi connectivity index (χ4v) is 11.3. The number of hydrogen-bond acceptors (Lipinski definition) is 3. The molecule has 7 heteroatoms. The van der Waals surface area contributed by atoms with Crippen LogP contribution in [0.15, 0.2) is 152 Å². The molecule has 1 aliphatic heterocycles. The molecule has 1 aliphatic rings. The van der Waals surface area contributed by atoms with Crippen LogP contribution in [0.4, 0.5) is 11.4 Å². The summed E-state index contributed by atoms with van der Waals surface area (Å²) in [7, 11) is -2.68. The average molecular weight is 807 g/mol. The Morgan fingerprint density at radius 3 is 1.72 bits per heavy atom. The molecule has 0 bridgehead atoms. The second kappa shape index (κ2) is 14.2. The minimum absolute atomic E-state index is 0. The summed E-state index contributed by atoms with van der Waals surface area (Å²) in [6, 6.07) is 50.0. The number of hydrogen-bond donors (Lipinski definition) is 0. The first-order chi connectivity index (χ1) is 22.7. The van der Waals surface area contributed by atoms with Gasteiger partial charge >= 0.3 is 21.1 Å². The van der Waals surface area contributed by atoms with Crippen molar-refractivity contribution in [2.24, 2.45) is 0 Å². The summed E-state index contributed by atoms with van der Waals surface area (Å²) < 4.78 is 0. The van der Waals surface area contributed by atoms with Crippen molar-refractivity contribution in [1.29, 1.82) is 0 Å². The summed E-state index contributed by atoms with van der Waals surface area (Å²) in [5, 5.41) is 18.2. The Kier molecular flexibility index (Phi) is 9.72. The van der Waals surface area contributed by atoms with Crippen molar-refractivity contribution in [2.45, 2.75) is 20.3 Å². The van der Waals surface area contributed by atoms with Gasteiger partial charge in [-0.2, -0.15) is 0 Å². The average Bonchev–Trinajstić information content (AvgIpc) is 3.65. The predicted molar refractivity (Wildman–Crippen MR) is 191 cm³/mol. The van der Waals surface area contributed by atoms with Crippen LogP contribution in [-0.2, 0) is 27.5 Å². The van der Waals surface area contributed by atoms with Gasteiger partial charge < -0.3 is 15.5 Å². The van der Waals surface area contributed by atoms with Gasteiger partial charge in [0.15, 0.2) is 0 Å². The first-order valence-corrected chi connectivity index (χ1v) is 17.6. The zero-order valence-electron chi connectivity index (χ0n) is 26.2. The summed E-state index contributed by atoms with van der Waals surface area (Å²) in [6.45, 7) is 4.20. The number of aromatic nitrogens is 4. The third-order valence-electron chi connectivity index (χ3n) is 8.54. The van der Waals surface area contributed by atoms with Crippen LogP contribution in [0.1, 0.15) is 18.2 Å². The fourth-order valence-electron chi connectivity index (χ4n) is 6.41. The Bertz CT molecular complexity index is 2000. The van der Waals surface area contributed by atoms with Crippen LogP contribution >= 0.6 is 0 Å². The maximum Gasteiger partial charge on any atom is 2.00 e. The van der Waals surface area contributed by atoms with Gasteiger partial charge in [0, 0.05) is 28.2 Å². The maximum atomic E-state index is 5.30. The molecule has 47 heavy (non-hydrogen) atoms. The van der Waals surface area contributed by atoms with Crippen molar-refractivity contribution in [3.63, 3.8) is 0 Å². The summed E-state index contributed by atoms with van der Waals surface area (Å²) in [6.07, 6.45) is 2.77. The molecule has 3 aromatic heterocycles. The van der Waals surface area contributed by atoms with E-state index in [2.05, 4.69) is 102 Å². The van der Waals surface area contributed by atoms with E-state index in [0.717, 1.165) is 51.1 Å². The van der Waals surface area contributed by atoms with Crippen molar-refractivity contribution >= 4 is 40.5 Å². The molecule has 0 saturated heterocycles. The summed E-state index contributed by atoms with van der Waals surface area (Å²) >= 11 is 0. The smallest absolute Gasteiger partial charge is 0.658 e. The molecule has 8 rings (SSSR count). The third-order valence-corrected chi connectivity index (χ3v) is 13.1. The minimum Gasteiger partial charge on any atom is -0.658 e. The molecule has 0 spiro atoms. The van der Waals surface area contributed by atoms with Gasteiger partial charge in [0.25, 0.3) is 0 Å². The standard InChI is InChI=1S/C28H23N4Si.C12H10N.Pt/c1-3-22-19(2)28(32-31-22)23-13-10-17-27(30-23)33(26-16-8-9-18-29-26)24-14-6-4-11-20(24)21-12-5-7-15-25(21)33;1-3-7-11(8-4-1)13-12-9-5-2-6-10-12;/h4-18H,3H2,1-2H3;1-10H;/q2*-1;+2. The molecular formula is C40H33N5PtSi. The van der Waals surface area contributed by atoms with Crippen LogP contribution in [0.2, 0.25) is 0 Å². The Hall–Kier alpha value is -4.90. The number of pyridine rings is 2. The van der Waals surface area contributed by atoms with E-state index >= 15 is 0 Å². The molecule has 232 valence electrons. The molecule has 4 heterocycles. The molecule has 4 aromatic carbocycles. The number of fused-ring (bicyclic) bond motifs is 3. The normalized spacial score (nSPS) is 12.1. The van der Waals surface area contributed by atoms with Crippen LogP contribution in [0, 0.1) is 6.92 Å². The van der Waals surface area contributed by atoms with E-state index in [1.807, 2.05) is 79.0 Å². The number of rotatable bonds is 6. The number of nitrogens with zero attached hydrogens (tertiary/aromatic N) is 5. The van der Waals surface area contributed by atoms with Gasteiger partial charge in [0.2, 0.25) is 8.07 Å². The van der Waals surface area contributed by atoms with Crippen LogP contribution < -0.4 is 26.1 Å². The van der Waals surface area contributed by atoms with E-state index in [1.165, 1.54) is 21.5 Å². The topological polar surface area (TPSA) is 66.9 Å². The van der Waals surface area contributed by atoms with E-state index in [1.54, 1.807) is 0 Å². The van der Waals surface area contributed by atoms with E-state index in [-0.39, 0.29) is 21.1 Å². The first-order valence-electron chi connectivity index (χ1n) is 15.6. The molecule has 0 radical (unpaired) electrons. The molecule has 7 aromatic rings. The second-order valence-electron chi connectivity index (χ2n) is 11.2. The van der Waals surface area contributed by atoms with Gasteiger partial charge in [0.05, 0.1) is 0 Å². The predicted octanol–water partition coefficient (Wildman–Crippen LogP) is 6.75. The van der Waals surface area contributed by atoms with Gasteiger partial charge in [-0.1, -0.05) is 134 Å². The minimum atomic E-state index is -2.68. The Morgan fingerprint density at radius 1 is 0.617 bits per heavy atom. The molecule has 0 saturated carbocycles. The van der Waals surface area contributed by atoms with Crippen LogP contribution in [0.25, 0.3) is 27.8 Å². The largest absolute Gasteiger partial charge is 2.00 e. The van der Waals surface area contributed by atoms with Gasteiger partial charge in [0.1, 0.15) is 0 Å². The van der Waals surface area contributed by atoms with E-state index in [0.29, 0.717) is 0 Å². The molecule has 0 amide bonds. The molecule has 0 aliphatic carbocycles. The van der Waals surface area contributed by atoms with Crippen molar-refractivity contribution < 1.29 is 21.1 Å². The quantitative estimate of drug-likeness (QED) is 0.175. The molecule has 0 unspecified atom stereocenters. The molecule has 0 N–H and O–H groups in total. The van der Waals surface area contributed by atoms with E-state index in [4.69, 9.17) is 9.97 Å². The van der Waals surface area contributed by atoms with E-state index < -0.39 is 8.07 Å². The van der Waals surface area contributed by atoms with E-state index in [9.17, 15) is 0 Å². The Balaban J connectivity index is 0.000000232. The van der Waals surface area contributed by atoms with Crippen molar-refractivity contribution in [2.75, 3.05) is 0 Å². The van der Waals surface area contributed by atoms with Gasteiger partial charge in [-0.05, 0) is 64.7 Å². The molecule has 0 atom stereocenters. The SMILES string of the molecule is CCc1n[n-]c(-c2cccc([Si]3(c4ccccn4)c4ccccc4-c4ccccc43)n2)c1C.[Pt+2].c1ccc([N-]c2ccccc2)cc1. The number of aryl methyl sites for hydroxylation is 1. The zero-order valence-corrected chi connectivity index (χ0v) is 29.5. The van der Waals surface area contributed by atoms with Crippen LogP contribution in [-0.4, -0.2) is 23.1 Å². The van der Waals surface area contributed by atoms with Gasteiger partial charge in [-0.15, -0.1) is 11.4 Å². The summed E-state index contributed by atoms with van der Waals surface area (Å²) in [5.41, 5.74) is 8.46. The number of benzene rings is 4. The monoisotopic (exact) mass is 806 g/mol. The summed E-state index contributed by atoms with van der Waals surface area (Å²) in [4.78, 5) is 10.2. The third kappa shape index (κ3) is 6.03. The van der Waals surface area contributed by atoms with Gasteiger partial charge in [-0.3, -0.25) is 9.97 Å². The molecule has 5 nitrogen and oxygen atoms in total. The van der Waals surface area contributed by atoms with Crippen LogP contribution in [0.3, 0.4) is 0 Å². The van der Waals surface area contributed by atoms with Crippen molar-refractivity contribution in [3.8, 4) is 22.5 Å². The van der Waals surface area contributed by atoms with Crippen LogP contribution in [0.5, 0.6) is 0 Å². The molecule has 0 fully saturated rings. The number of para-hydroxylation sites is 2. The maximum absolute atomic E-state index is 5.30. The van der Waals surface area contributed by atoms with Crippen molar-refractivity contribution in [3.05, 3.63) is 168 Å².